The van der Waals surface area contributed by atoms with Crippen LogP contribution in [0.25, 0.3) is 0 Å². The summed E-state index contributed by atoms with van der Waals surface area (Å²) in [7, 11) is 1.36. The molecule has 19 heavy (non-hydrogen) atoms. The van der Waals surface area contributed by atoms with Crippen LogP contribution in [-0.2, 0) is 16.1 Å². The van der Waals surface area contributed by atoms with Crippen LogP contribution in [0.4, 0.5) is 4.39 Å². The molecule has 0 aliphatic carbocycles. The summed E-state index contributed by atoms with van der Waals surface area (Å²) in [6, 6.07) is 4.55. The standard InChI is InChI=1S/C14H17BrFNO2/c1-3-10(14(18)19-2)6-7-17-9-11-8-12(16)4-5-13(11)15/h4-6,8,17H,3,7,9H2,1-2H3/b10-6-. The quantitative estimate of drug-likeness (QED) is 0.495. The van der Waals surface area contributed by atoms with Gasteiger partial charge < -0.3 is 10.1 Å². The summed E-state index contributed by atoms with van der Waals surface area (Å²) in [5.41, 5.74) is 1.47. The minimum absolute atomic E-state index is 0.264. The van der Waals surface area contributed by atoms with Gasteiger partial charge in [-0.15, -0.1) is 0 Å². The number of carbonyl (C=O) groups excluding carboxylic acids is 1. The second-order valence-electron chi connectivity index (χ2n) is 3.94. The van der Waals surface area contributed by atoms with E-state index < -0.39 is 0 Å². The van der Waals surface area contributed by atoms with Crippen molar-refractivity contribution < 1.29 is 13.9 Å². The van der Waals surface area contributed by atoms with E-state index in [2.05, 4.69) is 26.0 Å². The smallest absolute Gasteiger partial charge is 0.333 e. The summed E-state index contributed by atoms with van der Waals surface area (Å²) in [6.07, 6.45) is 2.41. The van der Waals surface area contributed by atoms with Gasteiger partial charge in [-0.25, -0.2) is 9.18 Å². The number of halogens is 2. The lowest BCUT2D eigenvalue weighted by Crippen LogP contribution is -2.15. The zero-order chi connectivity index (χ0) is 14.3. The SMILES string of the molecule is CC/C(=C/CNCc1cc(F)ccc1Br)C(=O)OC. The summed E-state index contributed by atoms with van der Waals surface area (Å²) >= 11 is 3.36. The molecule has 104 valence electrons. The molecule has 3 nitrogen and oxygen atoms in total. The summed E-state index contributed by atoms with van der Waals surface area (Å²) in [4.78, 5) is 11.3. The van der Waals surface area contributed by atoms with E-state index in [4.69, 9.17) is 0 Å². The van der Waals surface area contributed by atoms with E-state index >= 15 is 0 Å². The zero-order valence-corrected chi connectivity index (χ0v) is 12.6. The third-order valence-corrected chi connectivity index (χ3v) is 3.42. The highest BCUT2D eigenvalue weighted by atomic mass is 79.9. The first-order chi connectivity index (χ1) is 9.08. The Morgan fingerprint density at radius 1 is 1.53 bits per heavy atom. The van der Waals surface area contributed by atoms with Crippen molar-refractivity contribution in [2.75, 3.05) is 13.7 Å². The van der Waals surface area contributed by atoms with Gasteiger partial charge >= 0.3 is 5.97 Å². The van der Waals surface area contributed by atoms with Crippen molar-refractivity contribution in [3.63, 3.8) is 0 Å². The number of hydrogen-bond acceptors (Lipinski definition) is 3. The normalized spacial score (nSPS) is 11.5. The van der Waals surface area contributed by atoms with E-state index in [0.717, 1.165) is 10.0 Å². The molecule has 0 bridgehead atoms. The Labute approximate surface area is 121 Å². The van der Waals surface area contributed by atoms with E-state index in [1.54, 1.807) is 12.1 Å². The van der Waals surface area contributed by atoms with Crippen molar-refractivity contribution in [3.8, 4) is 0 Å². The van der Waals surface area contributed by atoms with Crippen molar-refractivity contribution in [3.05, 3.63) is 45.7 Å². The molecule has 0 heterocycles. The van der Waals surface area contributed by atoms with Crippen LogP contribution in [0.2, 0.25) is 0 Å². The van der Waals surface area contributed by atoms with Gasteiger partial charge in [0.25, 0.3) is 0 Å². The van der Waals surface area contributed by atoms with Crippen LogP contribution < -0.4 is 5.32 Å². The monoisotopic (exact) mass is 329 g/mol. The number of carbonyl (C=O) groups is 1. The number of rotatable bonds is 6. The third-order valence-electron chi connectivity index (χ3n) is 2.64. The first-order valence-corrected chi connectivity index (χ1v) is 6.79. The van der Waals surface area contributed by atoms with Crippen molar-refractivity contribution in [2.45, 2.75) is 19.9 Å². The van der Waals surface area contributed by atoms with Gasteiger partial charge in [-0.2, -0.15) is 0 Å². The molecular weight excluding hydrogens is 313 g/mol. The Balaban J connectivity index is 2.52. The van der Waals surface area contributed by atoms with Crippen LogP contribution in [0.15, 0.2) is 34.3 Å². The highest BCUT2D eigenvalue weighted by molar-refractivity contribution is 9.10. The number of hydrogen-bond donors (Lipinski definition) is 1. The van der Waals surface area contributed by atoms with E-state index in [1.165, 1.54) is 19.2 Å². The second-order valence-corrected chi connectivity index (χ2v) is 4.80. The molecule has 1 N–H and O–H groups in total. The lowest BCUT2D eigenvalue weighted by Gasteiger charge is -2.06. The molecule has 0 atom stereocenters. The first kappa shape index (κ1) is 15.9. The minimum atomic E-state index is -0.309. The largest absolute Gasteiger partial charge is 0.466 e. The molecule has 0 radical (unpaired) electrons. The highest BCUT2D eigenvalue weighted by Gasteiger charge is 2.06. The predicted octanol–water partition coefficient (Wildman–Crippen LogP) is 3.19. The zero-order valence-electron chi connectivity index (χ0n) is 11.0. The van der Waals surface area contributed by atoms with Crippen LogP contribution in [0, 0.1) is 5.82 Å². The molecule has 1 rings (SSSR count). The van der Waals surface area contributed by atoms with E-state index in [9.17, 15) is 9.18 Å². The fourth-order valence-electron chi connectivity index (χ4n) is 1.58. The van der Waals surface area contributed by atoms with Gasteiger partial charge in [0.05, 0.1) is 7.11 Å². The van der Waals surface area contributed by atoms with Crippen LogP contribution in [-0.4, -0.2) is 19.6 Å². The molecule has 0 fully saturated rings. The maximum atomic E-state index is 13.1. The number of nitrogens with one attached hydrogen (secondary N) is 1. The Hall–Kier alpha value is -1.20. The molecule has 0 saturated heterocycles. The molecular formula is C14H17BrFNO2. The van der Waals surface area contributed by atoms with Gasteiger partial charge in [0.2, 0.25) is 0 Å². The Morgan fingerprint density at radius 3 is 2.89 bits per heavy atom. The average molecular weight is 330 g/mol. The Morgan fingerprint density at radius 2 is 2.26 bits per heavy atom. The summed E-state index contributed by atoms with van der Waals surface area (Å²) in [5, 5.41) is 3.13. The number of benzene rings is 1. The molecule has 0 spiro atoms. The van der Waals surface area contributed by atoms with Crippen LogP contribution in [0.1, 0.15) is 18.9 Å². The van der Waals surface area contributed by atoms with Crippen LogP contribution >= 0.6 is 15.9 Å². The first-order valence-electron chi connectivity index (χ1n) is 6.00. The molecule has 0 amide bonds. The van der Waals surface area contributed by atoms with Gasteiger partial charge in [0.1, 0.15) is 5.82 Å². The predicted molar refractivity (Wildman–Crippen MR) is 76.2 cm³/mol. The van der Waals surface area contributed by atoms with Crippen molar-refractivity contribution in [1.29, 1.82) is 0 Å². The van der Waals surface area contributed by atoms with Gasteiger partial charge in [0.15, 0.2) is 0 Å². The third kappa shape index (κ3) is 5.12. The van der Waals surface area contributed by atoms with Gasteiger partial charge in [0, 0.05) is 23.1 Å². The van der Waals surface area contributed by atoms with E-state index in [0.29, 0.717) is 25.1 Å². The van der Waals surface area contributed by atoms with Crippen LogP contribution in [0.3, 0.4) is 0 Å². The van der Waals surface area contributed by atoms with Crippen molar-refractivity contribution in [1.82, 2.24) is 5.32 Å². The topological polar surface area (TPSA) is 38.3 Å². The number of methoxy groups -OCH3 is 1. The second kappa shape index (κ2) is 8.07. The van der Waals surface area contributed by atoms with E-state index in [1.807, 2.05) is 6.92 Å². The minimum Gasteiger partial charge on any atom is -0.466 e. The molecule has 5 heteroatoms. The van der Waals surface area contributed by atoms with Gasteiger partial charge in [-0.3, -0.25) is 0 Å². The Kier molecular flexibility index (Phi) is 6.73. The maximum absolute atomic E-state index is 13.1. The maximum Gasteiger partial charge on any atom is 0.333 e. The molecule has 0 aromatic heterocycles. The number of ether oxygens (including phenoxy) is 1. The molecule has 0 aliphatic heterocycles. The summed E-state index contributed by atoms with van der Waals surface area (Å²) in [5.74, 6) is -0.574. The molecule has 1 aromatic carbocycles. The summed E-state index contributed by atoms with van der Waals surface area (Å²) in [6.45, 7) is 2.94. The fourth-order valence-corrected chi connectivity index (χ4v) is 1.97. The Bertz CT molecular complexity index is 475. The molecule has 0 unspecified atom stereocenters. The van der Waals surface area contributed by atoms with Crippen molar-refractivity contribution >= 4 is 21.9 Å². The molecule has 1 aromatic rings. The lowest BCUT2D eigenvalue weighted by molar-refractivity contribution is -0.136. The van der Waals surface area contributed by atoms with E-state index in [-0.39, 0.29) is 11.8 Å². The molecule has 0 saturated carbocycles. The van der Waals surface area contributed by atoms with Crippen LogP contribution in [0.5, 0.6) is 0 Å². The number of esters is 1. The van der Waals surface area contributed by atoms with Crippen molar-refractivity contribution in [2.24, 2.45) is 0 Å². The molecule has 0 aliphatic rings. The lowest BCUT2D eigenvalue weighted by atomic mass is 10.2. The van der Waals surface area contributed by atoms with Gasteiger partial charge in [-0.1, -0.05) is 28.9 Å². The van der Waals surface area contributed by atoms with Gasteiger partial charge in [-0.05, 0) is 30.2 Å². The highest BCUT2D eigenvalue weighted by Crippen LogP contribution is 2.17. The summed E-state index contributed by atoms with van der Waals surface area (Å²) < 4.78 is 18.6. The average Bonchev–Trinajstić information content (AvgIpc) is 2.41. The fraction of sp³-hybridized carbons (Fsp3) is 0.357.